The number of fused-ring (bicyclic) bond motifs is 4. The number of amides is 1. The maximum absolute atomic E-state index is 13.1. The van der Waals surface area contributed by atoms with Crippen LogP contribution in [0.25, 0.3) is 27.5 Å². The third kappa shape index (κ3) is 2.74. The Labute approximate surface area is 162 Å². The highest BCUT2D eigenvalue weighted by molar-refractivity contribution is 6.07. The quantitative estimate of drug-likeness (QED) is 0.427. The van der Waals surface area contributed by atoms with Gasteiger partial charge in [-0.1, -0.05) is 49.6 Å². The minimum Gasteiger partial charge on any atom is -0.349 e. The van der Waals surface area contributed by atoms with Crippen molar-refractivity contribution in [2.75, 3.05) is 0 Å². The standard InChI is InChI=1S/C23H21N3O2/c27-22(24-15-8-2-1-3-9-15)18-14-21-25-19-12-6-4-11-17(19)23(28)26(21)20-13-7-5-10-16(18)20/h4-7,10-15H,1-3,8-9H2,(H,24,27). The van der Waals surface area contributed by atoms with Crippen molar-refractivity contribution in [2.24, 2.45) is 0 Å². The van der Waals surface area contributed by atoms with E-state index in [0.717, 1.165) is 31.1 Å². The summed E-state index contributed by atoms with van der Waals surface area (Å²) >= 11 is 0. The zero-order valence-electron chi connectivity index (χ0n) is 15.5. The van der Waals surface area contributed by atoms with Crippen molar-refractivity contribution in [2.45, 2.75) is 38.1 Å². The Morgan fingerprint density at radius 3 is 2.50 bits per heavy atom. The fraction of sp³-hybridized carbons (Fsp3) is 0.261. The molecule has 2 heterocycles. The van der Waals surface area contributed by atoms with E-state index in [4.69, 9.17) is 0 Å². The molecule has 5 heteroatoms. The van der Waals surface area contributed by atoms with Gasteiger partial charge in [-0.2, -0.15) is 0 Å². The van der Waals surface area contributed by atoms with Gasteiger partial charge >= 0.3 is 0 Å². The number of aromatic nitrogens is 2. The molecule has 5 nitrogen and oxygen atoms in total. The number of nitrogens with zero attached hydrogens (tertiary/aromatic N) is 2. The first-order valence-corrected chi connectivity index (χ1v) is 9.86. The van der Waals surface area contributed by atoms with Crippen molar-refractivity contribution in [1.82, 2.24) is 14.7 Å². The molecule has 0 atom stereocenters. The molecule has 28 heavy (non-hydrogen) atoms. The molecule has 1 fully saturated rings. The van der Waals surface area contributed by atoms with Crippen LogP contribution in [0.2, 0.25) is 0 Å². The zero-order chi connectivity index (χ0) is 19.1. The lowest BCUT2D eigenvalue weighted by Crippen LogP contribution is -2.36. The normalized spacial score (nSPS) is 15.3. The number of carbonyl (C=O) groups is 1. The summed E-state index contributed by atoms with van der Waals surface area (Å²) in [6.07, 6.45) is 5.61. The fourth-order valence-electron chi connectivity index (χ4n) is 4.28. The minimum atomic E-state index is -0.115. The average molecular weight is 371 g/mol. The fourth-order valence-corrected chi connectivity index (χ4v) is 4.28. The second kappa shape index (κ2) is 6.75. The van der Waals surface area contributed by atoms with Crippen molar-refractivity contribution >= 4 is 33.4 Å². The molecule has 1 aliphatic carbocycles. The molecule has 1 amide bonds. The van der Waals surface area contributed by atoms with Crippen molar-refractivity contribution < 1.29 is 4.79 Å². The Kier molecular flexibility index (Phi) is 4.08. The molecule has 0 unspecified atom stereocenters. The Hall–Kier alpha value is -3.21. The predicted molar refractivity (Wildman–Crippen MR) is 111 cm³/mol. The van der Waals surface area contributed by atoms with Gasteiger partial charge in [-0.05, 0) is 37.1 Å². The highest BCUT2D eigenvalue weighted by Gasteiger charge is 2.20. The number of para-hydroxylation sites is 2. The predicted octanol–water partition coefficient (Wildman–Crippen LogP) is 4.06. The lowest BCUT2D eigenvalue weighted by molar-refractivity contribution is 0.0929. The van der Waals surface area contributed by atoms with Gasteiger partial charge in [0, 0.05) is 11.4 Å². The van der Waals surface area contributed by atoms with Gasteiger partial charge in [0.25, 0.3) is 11.5 Å². The third-order valence-electron chi connectivity index (χ3n) is 5.70. The maximum Gasteiger partial charge on any atom is 0.266 e. The van der Waals surface area contributed by atoms with Crippen molar-refractivity contribution in [1.29, 1.82) is 0 Å². The summed E-state index contributed by atoms with van der Waals surface area (Å²) in [5.74, 6) is -0.0898. The second-order valence-corrected chi connectivity index (χ2v) is 7.51. The maximum atomic E-state index is 13.1. The lowest BCUT2D eigenvalue weighted by Gasteiger charge is -2.23. The van der Waals surface area contributed by atoms with Crippen LogP contribution >= 0.6 is 0 Å². The number of hydrogen-bond acceptors (Lipinski definition) is 3. The summed E-state index contributed by atoms with van der Waals surface area (Å²) < 4.78 is 1.61. The first kappa shape index (κ1) is 16.9. The molecule has 0 bridgehead atoms. The van der Waals surface area contributed by atoms with Crippen LogP contribution in [0.4, 0.5) is 0 Å². The van der Waals surface area contributed by atoms with Crippen LogP contribution in [0.15, 0.2) is 59.4 Å². The van der Waals surface area contributed by atoms with E-state index in [9.17, 15) is 9.59 Å². The first-order chi connectivity index (χ1) is 13.7. The summed E-state index contributed by atoms with van der Waals surface area (Å²) in [4.78, 5) is 30.9. The Morgan fingerprint density at radius 1 is 0.964 bits per heavy atom. The average Bonchev–Trinajstić information content (AvgIpc) is 2.74. The largest absolute Gasteiger partial charge is 0.349 e. The lowest BCUT2D eigenvalue weighted by atomic mass is 9.95. The molecular weight excluding hydrogens is 350 g/mol. The van der Waals surface area contributed by atoms with Gasteiger partial charge in [-0.25, -0.2) is 4.98 Å². The molecule has 0 spiro atoms. The van der Waals surface area contributed by atoms with Gasteiger partial charge in [0.2, 0.25) is 0 Å². The molecule has 0 aliphatic heterocycles. The molecule has 140 valence electrons. The number of carbonyl (C=O) groups excluding carboxylic acids is 1. The molecule has 1 N–H and O–H groups in total. The zero-order valence-corrected chi connectivity index (χ0v) is 15.5. The second-order valence-electron chi connectivity index (χ2n) is 7.51. The van der Waals surface area contributed by atoms with Crippen LogP contribution in [0.3, 0.4) is 0 Å². The van der Waals surface area contributed by atoms with Gasteiger partial charge in [0.15, 0.2) is 0 Å². The molecule has 0 radical (unpaired) electrons. The number of nitrogens with one attached hydrogen (secondary N) is 1. The number of rotatable bonds is 2. The number of benzene rings is 2. The van der Waals surface area contributed by atoms with Crippen LogP contribution in [-0.2, 0) is 0 Å². The monoisotopic (exact) mass is 371 g/mol. The van der Waals surface area contributed by atoms with E-state index >= 15 is 0 Å². The summed E-state index contributed by atoms with van der Waals surface area (Å²) in [6.45, 7) is 0. The minimum absolute atomic E-state index is 0.0898. The van der Waals surface area contributed by atoms with E-state index < -0.39 is 0 Å². The number of pyridine rings is 1. The molecule has 1 saturated carbocycles. The van der Waals surface area contributed by atoms with Crippen LogP contribution in [0.5, 0.6) is 0 Å². The Morgan fingerprint density at radius 2 is 1.68 bits per heavy atom. The molecule has 2 aromatic carbocycles. The van der Waals surface area contributed by atoms with E-state index in [1.807, 2.05) is 42.5 Å². The molecule has 5 rings (SSSR count). The molecule has 4 aromatic rings. The smallest absolute Gasteiger partial charge is 0.266 e. The first-order valence-electron chi connectivity index (χ1n) is 9.86. The van der Waals surface area contributed by atoms with Crippen molar-refractivity contribution in [3.63, 3.8) is 0 Å². The highest BCUT2D eigenvalue weighted by atomic mass is 16.1. The van der Waals surface area contributed by atoms with Gasteiger partial charge in [-0.3, -0.25) is 14.0 Å². The molecule has 1 aliphatic rings. The topological polar surface area (TPSA) is 63.5 Å². The van der Waals surface area contributed by atoms with E-state index in [-0.39, 0.29) is 17.5 Å². The van der Waals surface area contributed by atoms with E-state index in [2.05, 4.69) is 10.3 Å². The molecule has 0 saturated heterocycles. The van der Waals surface area contributed by atoms with Crippen LogP contribution in [0.1, 0.15) is 42.5 Å². The summed E-state index contributed by atoms with van der Waals surface area (Å²) in [5, 5.41) is 4.53. The summed E-state index contributed by atoms with van der Waals surface area (Å²) in [6, 6.07) is 16.8. The van der Waals surface area contributed by atoms with Crippen molar-refractivity contribution in [3.05, 3.63) is 70.5 Å². The van der Waals surface area contributed by atoms with Crippen LogP contribution in [-0.4, -0.2) is 21.3 Å². The van der Waals surface area contributed by atoms with Gasteiger partial charge in [-0.15, -0.1) is 0 Å². The Balaban J connectivity index is 1.73. The summed E-state index contributed by atoms with van der Waals surface area (Å²) in [5.41, 5.74) is 2.30. The SMILES string of the molecule is O=C(NC1CCCCC1)c1cc2nc3ccccc3c(=O)n2c2ccccc12. The van der Waals surface area contributed by atoms with Crippen molar-refractivity contribution in [3.8, 4) is 0 Å². The summed E-state index contributed by atoms with van der Waals surface area (Å²) in [7, 11) is 0. The van der Waals surface area contributed by atoms with Crippen LogP contribution < -0.4 is 10.9 Å². The van der Waals surface area contributed by atoms with E-state index in [1.54, 1.807) is 16.5 Å². The molecule has 2 aromatic heterocycles. The third-order valence-corrected chi connectivity index (χ3v) is 5.70. The van der Waals surface area contributed by atoms with E-state index in [1.165, 1.54) is 6.42 Å². The number of hydrogen-bond donors (Lipinski definition) is 1. The Bertz CT molecular complexity index is 1270. The van der Waals surface area contributed by atoms with Gasteiger partial charge in [0.05, 0.1) is 22.0 Å². The highest BCUT2D eigenvalue weighted by Crippen LogP contribution is 2.23. The van der Waals surface area contributed by atoms with Gasteiger partial charge < -0.3 is 5.32 Å². The van der Waals surface area contributed by atoms with Gasteiger partial charge in [0.1, 0.15) is 5.65 Å². The molecular formula is C23H21N3O2. The van der Waals surface area contributed by atoms with Crippen LogP contribution in [0, 0.1) is 0 Å². The van der Waals surface area contributed by atoms with E-state index in [0.29, 0.717) is 27.6 Å².